The number of rotatable bonds is 3. The molecule has 0 fully saturated rings. The molecule has 0 aliphatic rings. The molecule has 7 heteroatoms. The summed E-state index contributed by atoms with van der Waals surface area (Å²) in [4.78, 5) is 26.8. The van der Waals surface area contributed by atoms with E-state index in [1.54, 1.807) is 6.92 Å². The van der Waals surface area contributed by atoms with Gasteiger partial charge in [-0.3, -0.25) is 0 Å². The normalized spacial score (nSPS) is 9.86. The topological polar surface area (TPSA) is 98.1 Å². The Morgan fingerprint density at radius 2 is 2.36 bits per heavy atom. The van der Waals surface area contributed by atoms with E-state index in [0.29, 0.717) is 0 Å². The van der Waals surface area contributed by atoms with Crippen molar-refractivity contribution in [3.05, 3.63) is 21.6 Å². The van der Waals surface area contributed by atoms with Crippen LogP contribution in [0.4, 0.5) is 5.82 Å². The fourth-order valence-corrected chi connectivity index (χ4v) is 0.925. The average Bonchev–Trinajstić information content (AvgIpc) is 2.48. The van der Waals surface area contributed by atoms with Crippen LogP contribution in [0.3, 0.4) is 0 Å². The van der Waals surface area contributed by atoms with Gasteiger partial charge in [-0.2, -0.15) is 4.98 Å². The largest absolute Gasteiger partial charge is 0.459 e. The summed E-state index contributed by atoms with van der Waals surface area (Å²) in [5.41, 5.74) is 0.165. The lowest BCUT2D eigenvalue weighted by atomic mass is 10.5. The van der Waals surface area contributed by atoms with Crippen molar-refractivity contribution >= 4 is 11.8 Å². The van der Waals surface area contributed by atoms with Crippen molar-refractivity contribution in [2.24, 2.45) is 0 Å². The van der Waals surface area contributed by atoms with Gasteiger partial charge in [0.15, 0.2) is 0 Å². The maximum absolute atomic E-state index is 11.1. The van der Waals surface area contributed by atoms with Crippen LogP contribution in [-0.2, 0) is 4.74 Å². The molecule has 1 aromatic heterocycles. The lowest BCUT2D eigenvalue weighted by Gasteiger charge is -1.93. The van der Waals surface area contributed by atoms with Gasteiger partial charge in [0.05, 0.1) is 6.61 Å². The zero-order chi connectivity index (χ0) is 10.7. The minimum absolute atomic E-state index is 0.143. The molecule has 0 radical (unpaired) electrons. The Bertz CT molecular complexity index is 371. The van der Waals surface area contributed by atoms with Crippen LogP contribution in [-0.4, -0.2) is 27.5 Å². The molecule has 0 aromatic carbocycles. The second-order valence-corrected chi connectivity index (χ2v) is 2.50. The van der Waals surface area contributed by atoms with Gasteiger partial charge in [-0.15, -0.1) is 0 Å². The summed E-state index contributed by atoms with van der Waals surface area (Å²) >= 11 is 0. The molecule has 1 rings (SSSR count). The third kappa shape index (κ3) is 1.87. The predicted octanol–water partition coefficient (Wildman–Crippen LogP) is 0.803. The first-order valence-electron chi connectivity index (χ1n) is 3.94. The van der Waals surface area contributed by atoms with Gasteiger partial charge in [0, 0.05) is 0 Å². The molecule has 0 aliphatic carbocycles. The fourth-order valence-electron chi connectivity index (χ4n) is 0.925. The van der Waals surface area contributed by atoms with Gasteiger partial charge in [0.1, 0.15) is 5.69 Å². The van der Waals surface area contributed by atoms with E-state index in [-0.39, 0.29) is 23.9 Å². The van der Waals surface area contributed by atoms with Crippen molar-refractivity contribution in [2.75, 3.05) is 6.61 Å². The number of nitrogens with one attached hydrogen (secondary N) is 1. The Labute approximate surface area is 79.2 Å². The third-order valence-electron chi connectivity index (χ3n) is 1.51. The van der Waals surface area contributed by atoms with Gasteiger partial charge in [-0.05, 0) is 18.8 Å². The summed E-state index contributed by atoms with van der Waals surface area (Å²) in [6, 6.07) is 0. The molecule has 1 aromatic rings. The highest BCUT2D eigenvalue weighted by Gasteiger charge is 2.22. The van der Waals surface area contributed by atoms with Crippen LogP contribution in [0.15, 0.2) is 0 Å². The minimum atomic E-state index is -0.691. The highest BCUT2D eigenvalue weighted by molar-refractivity contribution is 5.85. The van der Waals surface area contributed by atoms with Crippen molar-refractivity contribution in [3.63, 3.8) is 0 Å². The second-order valence-electron chi connectivity index (χ2n) is 2.50. The van der Waals surface area contributed by atoms with E-state index in [9.17, 15) is 14.9 Å². The Kier molecular flexibility index (Phi) is 2.80. The minimum Gasteiger partial charge on any atom is -0.459 e. The molecule has 0 bridgehead atoms. The number of H-pyrrole nitrogens is 1. The van der Waals surface area contributed by atoms with Crippen LogP contribution in [0, 0.1) is 17.0 Å². The average molecular weight is 199 g/mol. The van der Waals surface area contributed by atoms with E-state index >= 15 is 0 Å². The van der Waals surface area contributed by atoms with Crippen LogP contribution < -0.4 is 0 Å². The van der Waals surface area contributed by atoms with Crippen molar-refractivity contribution in [1.82, 2.24) is 9.97 Å². The molecule has 0 saturated heterocycles. The summed E-state index contributed by atoms with van der Waals surface area (Å²) in [5, 5.41) is 10.4. The molecule has 0 atom stereocenters. The number of nitrogens with zero attached hydrogens (tertiary/aromatic N) is 2. The first-order chi connectivity index (χ1) is 6.56. The first-order valence-corrected chi connectivity index (χ1v) is 3.94. The molecule has 7 nitrogen and oxygen atoms in total. The van der Waals surface area contributed by atoms with E-state index in [0.717, 1.165) is 0 Å². The van der Waals surface area contributed by atoms with E-state index < -0.39 is 10.9 Å². The smallest absolute Gasteiger partial charge is 0.398 e. The lowest BCUT2D eigenvalue weighted by molar-refractivity contribution is -0.389. The number of imidazole rings is 1. The number of aromatic amines is 1. The van der Waals surface area contributed by atoms with Crippen molar-refractivity contribution in [2.45, 2.75) is 13.8 Å². The molecule has 0 amide bonds. The molecular formula is C7H9N3O4. The number of aromatic nitrogens is 2. The van der Waals surface area contributed by atoms with Crippen LogP contribution in [0.1, 0.15) is 23.2 Å². The molecule has 14 heavy (non-hydrogen) atoms. The number of hydrogen-bond acceptors (Lipinski definition) is 5. The van der Waals surface area contributed by atoms with E-state index in [4.69, 9.17) is 0 Å². The van der Waals surface area contributed by atoms with Crippen LogP contribution in [0.25, 0.3) is 0 Å². The number of aryl methyl sites for hydroxylation is 1. The van der Waals surface area contributed by atoms with E-state index in [1.807, 2.05) is 0 Å². The summed E-state index contributed by atoms with van der Waals surface area (Å²) in [5.74, 6) is -1.12. The van der Waals surface area contributed by atoms with Crippen LogP contribution in [0.5, 0.6) is 0 Å². The monoisotopic (exact) mass is 199 g/mol. The zero-order valence-corrected chi connectivity index (χ0v) is 7.73. The summed E-state index contributed by atoms with van der Waals surface area (Å²) < 4.78 is 4.62. The Morgan fingerprint density at radius 3 is 2.79 bits per heavy atom. The third-order valence-corrected chi connectivity index (χ3v) is 1.51. The number of hydrogen-bond donors (Lipinski definition) is 1. The summed E-state index contributed by atoms with van der Waals surface area (Å²) in [6.45, 7) is 3.28. The van der Waals surface area contributed by atoms with Gasteiger partial charge in [-0.1, -0.05) is 0 Å². The number of nitro groups is 1. The maximum atomic E-state index is 11.1. The zero-order valence-electron chi connectivity index (χ0n) is 7.73. The Morgan fingerprint density at radius 1 is 1.71 bits per heavy atom. The van der Waals surface area contributed by atoms with Crippen molar-refractivity contribution in [1.29, 1.82) is 0 Å². The highest BCUT2D eigenvalue weighted by Crippen LogP contribution is 2.13. The molecule has 1 N–H and O–H groups in total. The van der Waals surface area contributed by atoms with Crippen LogP contribution in [0.2, 0.25) is 0 Å². The molecule has 0 spiro atoms. The molecule has 1 heterocycles. The summed E-state index contributed by atoms with van der Waals surface area (Å²) in [7, 11) is 0. The fraction of sp³-hybridized carbons (Fsp3) is 0.429. The van der Waals surface area contributed by atoms with E-state index in [1.165, 1.54) is 6.92 Å². The highest BCUT2D eigenvalue weighted by atomic mass is 16.6. The molecule has 0 saturated carbocycles. The van der Waals surface area contributed by atoms with Gasteiger partial charge < -0.3 is 14.9 Å². The Hall–Kier alpha value is -1.92. The standard InChI is InChI=1S/C7H9N3O4/c1-3-14-7(11)5-8-4(2)6(9-5)10(12)13/h3H2,1-2H3,(H,8,9). The van der Waals surface area contributed by atoms with Gasteiger partial charge in [0.2, 0.25) is 0 Å². The van der Waals surface area contributed by atoms with Gasteiger partial charge >= 0.3 is 17.6 Å². The molecule has 76 valence electrons. The van der Waals surface area contributed by atoms with Gasteiger partial charge in [-0.25, -0.2) is 9.78 Å². The lowest BCUT2D eigenvalue weighted by Crippen LogP contribution is -2.06. The van der Waals surface area contributed by atoms with Crippen LogP contribution >= 0.6 is 0 Å². The molecular weight excluding hydrogens is 190 g/mol. The number of ether oxygens (including phenoxy) is 1. The van der Waals surface area contributed by atoms with E-state index in [2.05, 4.69) is 14.7 Å². The Balaban J connectivity index is 2.96. The quantitative estimate of drug-likeness (QED) is 0.441. The maximum Gasteiger partial charge on any atom is 0.398 e. The van der Waals surface area contributed by atoms with Crippen molar-refractivity contribution in [3.8, 4) is 0 Å². The van der Waals surface area contributed by atoms with Crippen molar-refractivity contribution < 1.29 is 14.5 Å². The predicted molar refractivity (Wildman–Crippen MR) is 45.9 cm³/mol. The number of esters is 1. The van der Waals surface area contributed by atoms with Gasteiger partial charge in [0.25, 0.3) is 0 Å². The first kappa shape index (κ1) is 10.2. The number of carbonyl (C=O) groups is 1. The molecule has 0 unspecified atom stereocenters. The number of carbonyl (C=O) groups excluding carboxylic acids is 1. The molecule has 0 aliphatic heterocycles. The second kappa shape index (κ2) is 3.86. The summed E-state index contributed by atoms with van der Waals surface area (Å²) in [6.07, 6.45) is 0. The SMILES string of the molecule is CCOC(=O)c1nc(C)c([N+](=O)[O-])[nH]1.